The molecule has 2 nitrogen and oxygen atoms in total. The summed E-state index contributed by atoms with van der Waals surface area (Å²) in [7, 11) is 0. The molecular weight excluding hydrogens is 222 g/mol. The van der Waals surface area contributed by atoms with Gasteiger partial charge in [0.2, 0.25) is 0 Å². The summed E-state index contributed by atoms with van der Waals surface area (Å²) in [4.78, 5) is 0. The van der Waals surface area contributed by atoms with Crippen LogP contribution in [0.4, 0.5) is 0 Å². The Morgan fingerprint density at radius 2 is 2.25 bits per heavy atom. The second-order valence-electron chi connectivity index (χ2n) is 3.90. The molecule has 0 aliphatic carbocycles. The molecular formula is C13H18ClNO. The molecule has 88 valence electrons. The van der Waals surface area contributed by atoms with Crippen LogP contribution in [0.1, 0.15) is 18.9 Å². The summed E-state index contributed by atoms with van der Waals surface area (Å²) in [6.45, 7) is 6.90. The number of benzene rings is 1. The maximum atomic E-state index is 6.11. The van der Waals surface area contributed by atoms with Crippen molar-refractivity contribution in [1.29, 1.82) is 0 Å². The predicted octanol–water partition coefficient (Wildman–Crippen LogP) is 3.19. The maximum Gasteiger partial charge on any atom is 0.138 e. The Morgan fingerprint density at radius 3 is 2.81 bits per heavy atom. The van der Waals surface area contributed by atoms with Crippen molar-refractivity contribution < 1.29 is 4.74 Å². The van der Waals surface area contributed by atoms with Crippen LogP contribution in [0.15, 0.2) is 30.4 Å². The smallest absolute Gasteiger partial charge is 0.138 e. The van der Waals surface area contributed by atoms with E-state index in [-0.39, 0.29) is 0 Å². The predicted molar refractivity (Wildman–Crippen MR) is 69.1 cm³/mol. The molecule has 3 heteroatoms. The highest BCUT2D eigenvalue weighted by Gasteiger charge is 2.03. The lowest BCUT2D eigenvalue weighted by molar-refractivity contribution is 0.353. The molecule has 0 unspecified atom stereocenters. The normalized spacial score (nSPS) is 10.2. The molecule has 2 N–H and O–H groups in total. The van der Waals surface area contributed by atoms with Gasteiger partial charge in [0.05, 0.1) is 5.02 Å². The number of hydrogen-bond acceptors (Lipinski definition) is 2. The zero-order chi connectivity index (χ0) is 12.0. The first-order valence-electron chi connectivity index (χ1n) is 5.39. The van der Waals surface area contributed by atoms with Crippen molar-refractivity contribution in [3.63, 3.8) is 0 Å². The van der Waals surface area contributed by atoms with E-state index in [9.17, 15) is 0 Å². The van der Waals surface area contributed by atoms with Gasteiger partial charge >= 0.3 is 0 Å². The summed E-state index contributed by atoms with van der Waals surface area (Å²) in [5, 5.41) is 0.649. The average molecular weight is 240 g/mol. The fraction of sp³-hybridized carbons (Fsp3) is 0.385. The molecule has 0 saturated carbocycles. The molecule has 1 rings (SSSR count). The first-order valence-corrected chi connectivity index (χ1v) is 5.77. The average Bonchev–Trinajstić information content (AvgIpc) is 2.24. The third kappa shape index (κ3) is 4.25. The Bertz CT molecular complexity index is 363. The Morgan fingerprint density at radius 1 is 1.50 bits per heavy atom. The molecule has 16 heavy (non-hydrogen) atoms. The largest absolute Gasteiger partial charge is 0.488 e. The van der Waals surface area contributed by atoms with E-state index in [0.29, 0.717) is 23.9 Å². The molecule has 0 aliphatic rings. The Labute approximate surface area is 102 Å². The van der Waals surface area contributed by atoms with Gasteiger partial charge in [-0.2, -0.15) is 0 Å². The topological polar surface area (TPSA) is 35.2 Å². The molecule has 0 spiro atoms. The molecule has 1 aromatic rings. The van der Waals surface area contributed by atoms with E-state index < -0.39 is 0 Å². The highest BCUT2D eigenvalue weighted by molar-refractivity contribution is 6.32. The molecule has 0 heterocycles. The fourth-order valence-electron chi connectivity index (χ4n) is 1.32. The summed E-state index contributed by atoms with van der Waals surface area (Å²) in [6.07, 6.45) is 1.93. The van der Waals surface area contributed by atoms with E-state index in [0.717, 1.165) is 18.4 Å². The van der Waals surface area contributed by atoms with E-state index in [2.05, 4.69) is 6.58 Å². The van der Waals surface area contributed by atoms with Gasteiger partial charge in [-0.3, -0.25) is 0 Å². The minimum absolute atomic E-state index is 0.502. The van der Waals surface area contributed by atoms with Crippen LogP contribution in [0, 0.1) is 0 Å². The summed E-state index contributed by atoms with van der Waals surface area (Å²) in [6, 6.07) is 5.86. The second kappa shape index (κ2) is 6.56. The standard InChI is InChI=1S/C13H18ClNO/c1-10(2)9-16-13-6-5-11(4-3-7-15)8-12(13)14/h5-6,8H,1,3-4,7,9,15H2,2H3. The van der Waals surface area contributed by atoms with Crippen LogP contribution in [-0.2, 0) is 6.42 Å². The van der Waals surface area contributed by atoms with Crippen LogP contribution >= 0.6 is 11.6 Å². The van der Waals surface area contributed by atoms with Gasteiger partial charge < -0.3 is 10.5 Å². The van der Waals surface area contributed by atoms with Gasteiger partial charge in [0.1, 0.15) is 12.4 Å². The van der Waals surface area contributed by atoms with Crippen LogP contribution in [0.25, 0.3) is 0 Å². The molecule has 0 bridgehead atoms. The SMILES string of the molecule is C=C(C)COc1ccc(CCCN)cc1Cl. The lowest BCUT2D eigenvalue weighted by Gasteiger charge is -2.09. The first kappa shape index (κ1) is 13.1. The molecule has 0 aromatic heterocycles. The van der Waals surface area contributed by atoms with Gasteiger partial charge in [-0.15, -0.1) is 0 Å². The summed E-state index contributed by atoms with van der Waals surface area (Å²) in [5.41, 5.74) is 7.63. The minimum Gasteiger partial charge on any atom is -0.488 e. The van der Waals surface area contributed by atoms with Crippen LogP contribution in [-0.4, -0.2) is 13.2 Å². The number of rotatable bonds is 6. The van der Waals surface area contributed by atoms with E-state index >= 15 is 0 Å². The Balaban J connectivity index is 2.63. The van der Waals surface area contributed by atoms with Crippen molar-refractivity contribution >= 4 is 11.6 Å². The van der Waals surface area contributed by atoms with Crippen molar-refractivity contribution in [3.05, 3.63) is 40.9 Å². The van der Waals surface area contributed by atoms with Crippen LogP contribution in [0.3, 0.4) is 0 Å². The number of hydrogen-bond donors (Lipinski definition) is 1. The van der Waals surface area contributed by atoms with Crippen molar-refractivity contribution in [2.24, 2.45) is 5.73 Å². The highest BCUT2D eigenvalue weighted by Crippen LogP contribution is 2.26. The van der Waals surface area contributed by atoms with E-state index in [4.69, 9.17) is 22.1 Å². The summed E-state index contributed by atoms with van der Waals surface area (Å²) < 4.78 is 5.50. The first-order chi connectivity index (χ1) is 7.63. The number of aryl methyl sites for hydroxylation is 1. The van der Waals surface area contributed by atoms with Crippen LogP contribution in [0.5, 0.6) is 5.75 Å². The van der Waals surface area contributed by atoms with Crippen molar-refractivity contribution in [1.82, 2.24) is 0 Å². The summed E-state index contributed by atoms with van der Waals surface area (Å²) >= 11 is 6.11. The van der Waals surface area contributed by atoms with Crippen molar-refractivity contribution in [2.75, 3.05) is 13.2 Å². The summed E-state index contributed by atoms with van der Waals surface area (Å²) in [5.74, 6) is 0.709. The minimum atomic E-state index is 0.502. The van der Waals surface area contributed by atoms with E-state index in [1.54, 1.807) is 0 Å². The van der Waals surface area contributed by atoms with Gasteiger partial charge in [-0.05, 0) is 49.6 Å². The van der Waals surface area contributed by atoms with Gasteiger partial charge in [-0.1, -0.05) is 24.2 Å². The zero-order valence-corrected chi connectivity index (χ0v) is 10.4. The van der Waals surface area contributed by atoms with Gasteiger partial charge in [0, 0.05) is 0 Å². The van der Waals surface area contributed by atoms with Crippen molar-refractivity contribution in [3.8, 4) is 5.75 Å². The monoisotopic (exact) mass is 239 g/mol. The number of halogens is 1. The molecule has 0 amide bonds. The number of nitrogens with two attached hydrogens (primary N) is 1. The number of ether oxygens (including phenoxy) is 1. The Hall–Kier alpha value is -0.990. The molecule has 1 aromatic carbocycles. The van der Waals surface area contributed by atoms with Gasteiger partial charge in [0.25, 0.3) is 0 Å². The fourth-order valence-corrected chi connectivity index (χ4v) is 1.58. The van der Waals surface area contributed by atoms with E-state index in [1.165, 1.54) is 5.56 Å². The van der Waals surface area contributed by atoms with E-state index in [1.807, 2.05) is 25.1 Å². The third-order valence-electron chi connectivity index (χ3n) is 2.14. The molecule has 0 atom stereocenters. The van der Waals surface area contributed by atoms with Crippen LogP contribution < -0.4 is 10.5 Å². The highest BCUT2D eigenvalue weighted by atomic mass is 35.5. The van der Waals surface area contributed by atoms with Crippen molar-refractivity contribution in [2.45, 2.75) is 19.8 Å². The van der Waals surface area contributed by atoms with Crippen LogP contribution in [0.2, 0.25) is 5.02 Å². The van der Waals surface area contributed by atoms with Gasteiger partial charge in [0.15, 0.2) is 0 Å². The quantitative estimate of drug-likeness (QED) is 0.774. The molecule has 0 fully saturated rings. The third-order valence-corrected chi connectivity index (χ3v) is 2.44. The molecule has 0 radical (unpaired) electrons. The lowest BCUT2D eigenvalue weighted by atomic mass is 10.1. The molecule has 0 aliphatic heterocycles. The lowest BCUT2D eigenvalue weighted by Crippen LogP contribution is -2.01. The zero-order valence-electron chi connectivity index (χ0n) is 9.63. The molecule has 0 saturated heterocycles. The second-order valence-corrected chi connectivity index (χ2v) is 4.31. The maximum absolute atomic E-state index is 6.11. The Kier molecular flexibility index (Phi) is 5.36. The van der Waals surface area contributed by atoms with Gasteiger partial charge in [-0.25, -0.2) is 0 Å².